The van der Waals surface area contributed by atoms with Crippen molar-refractivity contribution in [2.75, 3.05) is 11.4 Å². The molecule has 1 aliphatic rings. The van der Waals surface area contributed by atoms with Crippen molar-refractivity contribution in [1.82, 2.24) is 4.98 Å². The Balaban J connectivity index is 1.75. The van der Waals surface area contributed by atoms with E-state index in [2.05, 4.69) is 9.88 Å². The highest BCUT2D eigenvalue weighted by molar-refractivity contribution is 5.85. The van der Waals surface area contributed by atoms with Crippen LogP contribution in [0.2, 0.25) is 0 Å². The molecular weight excluding hydrogens is 292 g/mol. The number of hydrogen-bond donors (Lipinski definition) is 2. The van der Waals surface area contributed by atoms with Crippen molar-refractivity contribution < 1.29 is 15.0 Å². The van der Waals surface area contributed by atoms with Gasteiger partial charge in [-0.1, -0.05) is 36.4 Å². The first kappa shape index (κ1) is 15.5. The normalized spacial score (nSPS) is 18.8. The molecule has 120 valence electrons. The lowest BCUT2D eigenvalue weighted by Crippen LogP contribution is -2.31. The van der Waals surface area contributed by atoms with Gasteiger partial charge in [0.25, 0.3) is 0 Å². The smallest absolute Gasteiger partial charge is 0.354 e. The lowest BCUT2D eigenvalue weighted by Gasteiger charge is -2.27. The van der Waals surface area contributed by atoms with Crippen molar-refractivity contribution in [3.05, 3.63) is 59.8 Å². The minimum absolute atomic E-state index is 0.0526. The number of rotatable bonds is 5. The zero-order valence-electron chi connectivity index (χ0n) is 12.8. The Morgan fingerprint density at radius 2 is 2.00 bits per heavy atom. The highest BCUT2D eigenvalue weighted by atomic mass is 16.4. The molecule has 23 heavy (non-hydrogen) atoms. The van der Waals surface area contributed by atoms with Crippen LogP contribution in [0, 0.1) is 0 Å². The van der Waals surface area contributed by atoms with E-state index >= 15 is 0 Å². The third kappa shape index (κ3) is 3.51. The number of aliphatic hydroxyl groups is 1. The zero-order chi connectivity index (χ0) is 16.2. The van der Waals surface area contributed by atoms with Crippen molar-refractivity contribution >= 4 is 11.8 Å². The Bertz CT molecular complexity index is 675. The van der Waals surface area contributed by atoms with Crippen molar-refractivity contribution in [2.45, 2.75) is 31.4 Å². The molecule has 3 rings (SSSR count). The molecule has 1 saturated heterocycles. The standard InChI is InChI=1S/C18H20N2O3/c21-16(13-6-2-1-3-7-13)12-14-8-5-11-20(14)17-10-4-9-15(19-17)18(22)23/h1-4,6-7,9-10,14,16,21H,5,8,11-12H2,(H,22,23). The van der Waals surface area contributed by atoms with Crippen molar-refractivity contribution in [2.24, 2.45) is 0 Å². The van der Waals surface area contributed by atoms with Crippen LogP contribution in [-0.4, -0.2) is 33.8 Å². The van der Waals surface area contributed by atoms with Crippen LogP contribution in [0.5, 0.6) is 0 Å². The molecule has 0 aliphatic carbocycles. The minimum Gasteiger partial charge on any atom is -0.477 e. The summed E-state index contributed by atoms with van der Waals surface area (Å²) in [6.07, 6.45) is 2.08. The lowest BCUT2D eigenvalue weighted by molar-refractivity contribution is 0.0690. The third-order valence-corrected chi connectivity index (χ3v) is 4.30. The molecule has 2 heterocycles. The first-order valence-electron chi connectivity index (χ1n) is 7.85. The van der Waals surface area contributed by atoms with Gasteiger partial charge in [0.1, 0.15) is 5.82 Å². The fourth-order valence-corrected chi connectivity index (χ4v) is 3.15. The average Bonchev–Trinajstić information content (AvgIpc) is 3.04. The quantitative estimate of drug-likeness (QED) is 0.888. The van der Waals surface area contributed by atoms with Crippen LogP contribution in [0.15, 0.2) is 48.5 Å². The van der Waals surface area contributed by atoms with Crippen molar-refractivity contribution in [3.8, 4) is 0 Å². The van der Waals surface area contributed by atoms with Crippen LogP contribution in [-0.2, 0) is 0 Å². The summed E-state index contributed by atoms with van der Waals surface area (Å²) in [6, 6.07) is 14.8. The molecule has 2 aromatic rings. The molecule has 1 fully saturated rings. The van der Waals surface area contributed by atoms with Gasteiger partial charge in [-0.2, -0.15) is 0 Å². The lowest BCUT2D eigenvalue weighted by atomic mass is 10.0. The fraction of sp³-hybridized carbons (Fsp3) is 0.333. The number of aromatic nitrogens is 1. The molecule has 0 saturated carbocycles. The van der Waals surface area contributed by atoms with E-state index in [1.54, 1.807) is 6.07 Å². The first-order valence-corrected chi connectivity index (χ1v) is 7.85. The summed E-state index contributed by atoms with van der Waals surface area (Å²) >= 11 is 0. The summed E-state index contributed by atoms with van der Waals surface area (Å²) in [5, 5.41) is 19.5. The van der Waals surface area contributed by atoms with Crippen LogP contribution in [0.3, 0.4) is 0 Å². The van der Waals surface area contributed by atoms with Gasteiger partial charge in [-0.3, -0.25) is 0 Å². The second kappa shape index (κ2) is 6.79. The number of carboxylic acid groups (broad SMARTS) is 1. The average molecular weight is 312 g/mol. The first-order chi connectivity index (χ1) is 11.1. The molecule has 0 spiro atoms. The van der Waals surface area contributed by atoms with E-state index < -0.39 is 12.1 Å². The molecule has 5 nitrogen and oxygen atoms in total. The fourth-order valence-electron chi connectivity index (χ4n) is 3.15. The summed E-state index contributed by atoms with van der Waals surface area (Å²) in [4.78, 5) is 17.4. The second-order valence-electron chi connectivity index (χ2n) is 5.84. The molecule has 1 aliphatic heterocycles. The number of aliphatic hydroxyl groups excluding tert-OH is 1. The van der Waals surface area contributed by atoms with Crippen LogP contribution >= 0.6 is 0 Å². The van der Waals surface area contributed by atoms with Gasteiger partial charge < -0.3 is 15.1 Å². The zero-order valence-corrected chi connectivity index (χ0v) is 12.8. The van der Waals surface area contributed by atoms with Gasteiger partial charge in [0.15, 0.2) is 5.69 Å². The predicted molar refractivity (Wildman–Crippen MR) is 87.6 cm³/mol. The predicted octanol–water partition coefficient (Wildman–Crippen LogP) is 2.87. The van der Waals surface area contributed by atoms with Gasteiger partial charge in [0.2, 0.25) is 0 Å². The minimum atomic E-state index is -1.02. The molecule has 2 N–H and O–H groups in total. The Morgan fingerprint density at radius 3 is 2.74 bits per heavy atom. The molecule has 1 aromatic carbocycles. The number of pyridine rings is 1. The van der Waals surface area contributed by atoms with Gasteiger partial charge in [0.05, 0.1) is 6.10 Å². The van der Waals surface area contributed by atoms with Gasteiger partial charge in [-0.15, -0.1) is 0 Å². The van der Waals surface area contributed by atoms with Gasteiger partial charge in [-0.05, 0) is 37.0 Å². The van der Waals surface area contributed by atoms with E-state index in [0.29, 0.717) is 12.2 Å². The van der Waals surface area contributed by atoms with Crippen LogP contribution < -0.4 is 4.90 Å². The van der Waals surface area contributed by atoms with Crippen LogP contribution in [0.25, 0.3) is 0 Å². The molecule has 2 unspecified atom stereocenters. The monoisotopic (exact) mass is 312 g/mol. The third-order valence-electron chi connectivity index (χ3n) is 4.30. The Hall–Kier alpha value is -2.40. The van der Waals surface area contributed by atoms with Gasteiger partial charge in [0, 0.05) is 12.6 Å². The molecule has 0 radical (unpaired) electrons. The number of aromatic carboxylic acids is 1. The molecule has 2 atom stereocenters. The summed E-state index contributed by atoms with van der Waals surface area (Å²) in [7, 11) is 0. The molecule has 1 aromatic heterocycles. The highest BCUT2D eigenvalue weighted by Crippen LogP contribution is 2.30. The van der Waals surface area contributed by atoms with Crippen LogP contribution in [0.4, 0.5) is 5.82 Å². The second-order valence-corrected chi connectivity index (χ2v) is 5.84. The van der Waals surface area contributed by atoms with Gasteiger partial charge >= 0.3 is 5.97 Å². The molecule has 5 heteroatoms. The van der Waals surface area contributed by atoms with Crippen molar-refractivity contribution in [1.29, 1.82) is 0 Å². The number of nitrogens with zero attached hydrogens (tertiary/aromatic N) is 2. The molecule has 0 amide bonds. The number of hydrogen-bond acceptors (Lipinski definition) is 4. The van der Waals surface area contributed by atoms with Crippen molar-refractivity contribution in [3.63, 3.8) is 0 Å². The summed E-state index contributed by atoms with van der Waals surface area (Å²) in [5.41, 5.74) is 0.961. The Morgan fingerprint density at radius 1 is 1.22 bits per heavy atom. The SMILES string of the molecule is O=C(O)c1cccc(N2CCCC2CC(O)c2ccccc2)n1. The van der Waals surface area contributed by atoms with E-state index in [1.165, 1.54) is 6.07 Å². The molecule has 0 bridgehead atoms. The summed E-state index contributed by atoms with van der Waals surface area (Å²) in [5.74, 6) is -0.348. The number of benzene rings is 1. The maximum absolute atomic E-state index is 11.1. The number of carboxylic acids is 1. The molecular formula is C18H20N2O3. The largest absolute Gasteiger partial charge is 0.477 e. The maximum Gasteiger partial charge on any atom is 0.354 e. The van der Waals surface area contributed by atoms with E-state index in [0.717, 1.165) is 24.9 Å². The highest BCUT2D eigenvalue weighted by Gasteiger charge is 2.28. The van der Waals surface area contributed by atoms with Crippen LogP contribution in [0.1, 0.15) is 41.4 Å². The van der Waals surface area contributed by atoms with E-state index in [9.17, 15) is 9.90 Å². The number of carbonyl (C=O) groups is 1. The van der Waals surface area contributed by atoms with E-state index in [1.807, 2.05) is 36.4 Å². The van der Waals surface area contributed by atoms with E-state index in [4.69, 9.17) is 5.11 Å². The van der Waals surface area contributed by atoms with Gasteiger partial charge in [-0.25, -0.2) is 9.78 Å². The summed E-state index contributed by atoms with van der Waals surface area (Å²) < 4.78 is 0. The maximum atomic E-state index is 11.1. The van der Waals surface area contributed by atoms with E-state index in [-0.39, 0.29) is 11.7 Å². The Kier molecular flexibility index (Phi) is 4.57. The topological polar surface area (TPSA) is 73.7 Å². The summed E-state index contributed by atoms with van der Waals surface area (Å²) in [6.45, 7) is 0.836. The Labute approximate surface area is 135 Å². The number of anilines is 1.